The van der Waals surface area contributed by atoms with E-state index in [4.69, 9.17) is 0 Å². The molecule has 0 saturated heterocycles. The highest BCUT2D eigenvalue weighted by Gasteiger charge is 2.11. The van der Waals surface area contributed by atoms with Crippen LogP contribution < -0.4 is 15.4 Å². The third kappa shape index (κ3) is 6.63. The number of hydrogen-bond acceptors (Lipinski definition) is 4. The van der Waals surface area contributed by atoms with Gasteiger partial charge >= 0.3 is 0 Å². The molecule has 3 rings (SSSR count). The maximum atomic E-state index is 12.5. The zero-order valence-electron chi connectivity index (χ0n) is 17.2. The zero-order chi connectivity index (χ0) is 23.0. The number of anilines is 2. The molecule has 0 bridgehead atoms. The Bertz CT molecular complexity index is 1190. The van der Waals surface area contributed by atoms with E-state index in [2.05, 4.69) is 21.9 Å². The van der Waals surface area contributed by atoms with Crippen molar-refractivity contribution in [3.63, 3.8) is 0 Å². The minimum atomic E-state index is -3.44. The van der Waals surface area contributed by atoms with Crippen molar-refractivity contribution >= 4 is 33.2 Å². The Kier molecular flexibility index (Phi) is 7.54. The normalized spacial score (nSPS) is 10.9. The summed E-state index contributed by atoms with van der Waals surface area (Å²) in [5.74, 6) is -0.714. The van der Waals surface area contributed by atoms with E-state index in [9.17, 15) is 18.0 Å². The summed E-state index contributed by atoms with van der Waals surface area (Å²) in [5, 5.41) is 5.55. The molecule has 0 aliphatic rings. The molecule has 3 aromatic carbocycles. The smallest absolute Gasteiger partial charge is 0.255 e. The first kappa shape index (κ1) is 22.9. The molecule has 2 amide bonds. The second-order valence-corrected chi connectivity index (χ2v) is 8.75. The summed E-state index contributed by atoms with van der Waals surface area (Å²) in [4.78, 5) is 24.7. The summed E-state index contributed by atoms with van der Waals surface area (Å²) in [6.07, 6.45) is 1.47. The van der Waals surface area contributed by atoms with Gasteiger partial charge in [-0.3, -0.25) is 9.59 Å². The van der Waals surface area contributed by atoms with Crippen molar-refractivity contribution in [1.82, 2.24) is 4.72 Å². The van der Waals surface area contributed by atoms with Crippen LogP contribution in [0.3, 0.4) is 0 Å². The van der Waals surface area contributed by atoms with E-state index in [0.717, 1.165) is 0 Å². The third-order valence-corrected chi connectivity index (χ3v) is 5.78. The van der Waals surface area contributed by atoms with Gasteiger partial charge in [-0.05, 0) is 54.1 Å². The number of rotatable bonds is 9. The summed E-state index contributed by atoms with van der Waals surface area (Å²) >= 11 is 0. The number of nitrogens with one attached hydrogen (secondary N) is 3. The van der Waals surface area contributed by atoms with Crippen molar-refractivity contribution in [3.8, 4) is 0 Å². The first-order valence-electron chi connectivity index (χ1n) is 9.81. The fourth-order valence-corrected chi connectivity index (χ4v) is 3.95. The molecule has 0 aliphatic heterocycles. The highest BCUT2D eigenvalue weighted by molar-refractivity contribution is 7.88. The Balaban J connectivity index is 1.57. The van der Waals surface area contributed by atoms with Crippen molar-refractivity contribution in [3.05, 3.63) is 108 Å². The SMILES string of the molecule is C=CCNS(=O)(=O)Cc1ccc(NC(=O)c2ccc(NC(=O)c3ccccc3)cc2)cc1. The molecule has 0 aromatic heterocycles. The highest BCUT2D eigenvalue weighted by atomic mass is 32.2. The predicted octanol–water partition coefficient (Wildman–Crippen LogP) is 3.80. The number of carbonyl (C=O) groups excluding carboxylic acids is 2. The first-order chi connectivity index (χ1) is 15.4. The van der Waals surface area contributed by atoms with Crippen LogP contribution in [0.5, 0.6) is 0 Å². The van der Waals surface area contributed by atoms with Gasteiger partial charge < -0.3 is 10.6 Å². The van der Waals surface area contributed by atoms with Crippen LogP contribution in [0.2, 0.25) is 0 Å². The van der Waals surface area contributed by atoms with Gasteiger partial charge in [0.1, 0.15) is 0 Å². The zero-order valence-corrected chi connectivity index (χ0v) is 18.1. The molecule has 0 fully saturated rings. The number of amides is 2. The molecule has 3 N–H and O–H groups in total. The molecule has 0 aliphatic carbocycles. The fraction of sp³-hybridized carbons (Fsp3) is 0.0833. The van der Waals surface area contributed by atoms with E-state index in [1.807, 2.05) is 6.07 Å². The van der Waals surface area contributed by atoms with Gasteiger partial charge in [0, 0.05) is 29.0 Å². The maximum Gasteiger partial charge on any atom is 0.255 e. The molecule has 0 atom stereocenters. The third-order valence-electron chi connectivity index (χ3n) is 4.46. The van der Waals surface area contributed by atoms with Crippen LogP contribution in [0.1, 0.15) is 26.3 Å². The average Bonchev–Trinajstić information content (AvgIpc) is 2.80. The summed E-state index contributed by atoms with van der Waals surface area (Å²) in [5.41, 5.74) is 2.67. The van der Waals surface area contributed by atoms with Crippen LogP contribution in [0.15, 0.2) is 91.5 Å². The molecule has 32 heavy (non-hydrogen) atoms. The Morgan fingerprint density at radius 1 is 0.750 bits per heavy atom. The van der Waals surface area contributed by atoms with Gasteiger partial charge in [-0.2, -0.15) is 0 Å². The lowest BCUT2D eigenvalue weighted by atomic mass is 10.1. The quantitative estimate of drug-likeness (QED) is 0.432. The van der Waals surface area contributed by atoms with E-state index >= 15 is 0 Å². The molecule has 8 heteroatoms. The van der Waals surface area contributed by atoms with Gasteiger partial charge in [0.2, 0.25) is 10.0 Å². The molecule has 0 heterocycles. The maximum absolute atomic E-state index is 12.5. The second-order valence-electron chi connectivity index (χ2n) is 6.94. The molecule has 3 aromatic rings. The van der Waals surface area contributed by atoms with E-state index < -0.39 is 10.0 Å². The van der Waals surface area contributed by atoms with Crippen LogP contribution in [-0.4, -0.2) is 26.8 Å². The van der Waals surface area contributed by atoms with Gasteiger partial charge in [0.15, 0.2) is 0 Å². The first-order valence-corrected chi connectivity index (χ1v) is 11.5. The van der Waals surface area contributed by atoms with Crippen LogP contribution in [-0.2, 0) is 15.8 Å². The molecule has 0 saturated carbocycles. The van der Waals surface area contributed by atoms with Gasteiger partial charge in [-0.15, -0.1) is 6.58 Å². The van der Waals surface area contributed by atoms with E-state index in [0.29, 0.717) is 28.1 Å². The van der Waals surface area contributed by atoms with Crippen LogP contribution in [0.4, 0.5) is 11.4 Å². The fourth-order valence-electron chi connectivity index (χ4n) is 2.84. The van der Waals surface area contributed by atoms with Crippen molar-refractivity contribution < 1.29 is 18.0 Å². The van der Waals surface area contributed by atoms with Crippen LogP contribution in [0, 0.1) is 0 Å². The summed E-state index contributed by atoms with van der Waals surface area (Å²) in [7, 11) is -3.44. The minimum Gasteiger partial charge on any atom is -0.322 e. The minimum absolute atomic E-state index is 0.161. The average molecular weight is 450 g/mol. The molecule has 7 nitrogen and oxygen atoms in total. The van der Waals surface area contributed by atoms with E-state index in [-0.39, 0.29) is 24.1 Å². The van der Waals surface area contributed by atoms with E-state index in [1.165, 1.54) is 6.08 Å². The van der Waals surface area contributed by atoms with Crippen molar-refractivity contribution in [2.75, 3.05) is 17.2 Å². The molecule has 0 unspecified atom stereocenters. The number of sulfonamides is 1. The lowest BCUT2D eigenvalue weighted by Crippen LogP contribution is -2.25. The molecular formula is C24H23N3O4S. The number of hydrogen-bond donors (Lipinski definition) is 3. The lowest BCUT2D eigenvalue weighted by Gasteiger charge is -2.09. The second kappa shape index (κ2) is 10.5. The van der Waals surface area contributed by atoms with Crippen LogP contribution >= 0.6 is 0 Å². The Labute approximate surface area is 187 Å². The Morgan fingerprint density at radius 3 is 1.78 bits per heavy atom. The van der Waals surface area contributed by atoms with Crippen molar-refractivity contribution in [2.24, 2.45) is 0 Å². The molecule has 0 radical (unpaired) electrons. The Hall–Kier alpha value is -3.75. The summed E-state index contributed by atoms with van der Waals surface area (Å²) in [6.45, 7) is 3.65. The number of benzene rings is 3. The molecule has 0 spiro atoms. The Morgan fingerprint density at radius 2 is 1.25 bits per heavy atom. The topological polar surface area (TPSA) is 104 Å². The highest BCUT2D eigenvalue weighted by Crippen LogP contribution is 2.15. The standard InChI is InChI=1S/C24H23N3O4S/c1-2-16-25-32(30,31)17-18-8-12-21(13-9-18)26-24(29)20-10-14-22(15-11-20)27-23(28)19-6-4-3-5-7-19/h2-15,25H,1,16-17H2,(H,26,29)(H,27,28). The van der Waals surface area contributed by atoms with Crippen molar-refractivity contribution in [2.45, 2.75) is 5.75 Å². The van der Waals surface area contributed by atoms with E-state index in [1.54, 1.807) is 72.8 Å². The summed E-state index contributed by atoms with van der Waals surface area (Å²) in [6, 6.07) is 21.9. The van der Waals surface area contributed by atoms with Gasteiger partial charge in [-0.1, -0.05) is 36.4 Å². The molecular weight excluding hydrogens is 426 g/mol. The summed E-state index contributed by atoms with van der Waals surface area (Å²) < 4.78 is 26.3. The molecule has 164 valence electrons. The largest absolute Gasteiger partial charge is 0.322 e. The van der Waals surface area contributed by atoms with Crippen LogP contribution in [0.25, 0.3) is 0 Å². The van der Waals surface area contributed by atoms with Gasteiger partial charge in [0.25, 0.3) is 11.8 Å². The lowest BCUT2D eigenvalue weighted by molar-refractivity contribution is 0.102. The van der Waals surface area contributed by atoms with Gasteiger partial charge in [-0.25, -0.2) is 13.1 Å². The van der Waals surface area contributed by atoms with Gasteiger partial charge in [0.05, 0.1) is 5.75 Å². The predicted molar refractivity (Wildman–Crippen MR) is 126 cm³/mol. The monoisotopic (exact) mass is 449 g/mol. The van der Waals surface area contributed by atoms with Crippen molar-refractivity contribution in [1.29, 1.82) is 0 Å². The number of carbonyl (C=O) groups is 2.